The van der Waals surface area contributed by atoms with E-state index in [4.69, 9.17) is 11.6 Å². The minimum absolute atomic E-state index is 0.0270. The molecule has 1 atom stereocenters. The number of aromatic nitrogens is 4. The van der Waals surface area contributed by atoms with Gasteiger partial charge >= 0.3 is 0 Å². The lowest BCUT2D eigenvalue weighted by molar-refractivity contribution is 0.0705. The molecule has 33 heavy (non-hydrogen) atoms. The van der Waals surface area contributed by atoms with Crippen molar-refractivity contribution in [3.05, 3.63) is 81.9 Å². The first-order chi connectivity index (χ1) is 16.0. The summed E-state index contributed by atoms with van der Waals surface area (Å²) in [6.45, 7) is 3.79. The summed E-state index contributed by atoms with van der Waals surface area (Å²) < 4.78 is 1.71. The quantitative estimate of drug-likeness (QED) is 0.503. The van der Waals surface area contributed by atoms with Gasteiger partial charge < -0.3 is 9.80 Å². The van der Waals surface area contributed by atoms with E-state index in [0.717, 1.165) is 12.1 Å². The van der Waals surface area contributed by atoms with Gasteiger partial charge in [-0.3, -0.25) is 14.6 Å². The van der Waals surface area contributed by atoms with Crippen LogP contribution in [0.2, 0.25) is 5.02 Å². The number of halogens is 1. The Hall–Kier alpha value is -3.65. The number of carbonyl (C=O) groups excluding carboxylic acids is 1. The Balaban J connectivity index is 1.41. The van der Waals surface area contributed by atoms with Gasteiger partial charge in [-0.05, 0) is 49.7 Å². The number of aromatic amines is 1. The third-order valence-electron chi connectivity index (χ3n) is 6.06. The second-order valence-corrected chi connectivity index (χ2v) is 8.58. The second-order valence-electron chi connectivity index (χ2n) is 8.14. The van der Waals surface area contributed by atoms with Crippen molar-refractivity contribution in [2.75, 3.05) is 24.5 Å². The lowest BCUT2D eigenvalue weighted by Crippen LogP contribution is -2.40. The highest BCUT2D eigenvalue weighted by atomic mass is 35.5. The van der Waals surface area contributed by atoms with Crippen LogP contribution in [0.5, 0.6) is 0 Å². The molecule has 0 spiro atoms. The molecular formula is C24H23ClN6O2. The Kier molecular flexibility index (Phi) is 5.60. The fourth-order valence-corrected chi connectivity index (χ4v) is 4.41. The van der Waals surface area contributed by atoms with Gasteiger partial charge in [-0.25, -0.2) is 9.67 Å². The molecular weight excluding hydrogens is 440 g/mol. The van der Waals surface area contributed by atoms with E-state index in [1.54, 1.807) is 29.1 Å². The lowest BCUT2D eigenvalue weighted by atomic mass is 10.1. The molecule has 2 aromatic carbocycles. The minimum atomic E-state index is -0.226. The number of rotatable bonds is 3. The molecule has 168 valence electrons. The molecule has 1 saturated heterocycles. The van der Waals surface area contributed by atoms with Crippen LogP contribution in [0.4, 0.5) is 5.95 Å². The summed E-state index contributed by atoms with van der Waals surface area (Å²) in [7, 11) is 0. The summed E-state index contributed by atoms with van der Waals surface area (Å²) in [4.78, 5) is 37.6. The zero-order valence-electron chi connectivity index (χ0n) is 18.1. The average molecular weight is 463 g/mol. The maximum absolute atomic E-state index is 13.6. The highest BCUT2D eigenvalue weighted by Gasteiger charge is 2.28. The first kappa shape index (κ1) is 21.2. The van der Waals surface area contributed by atoms with Crippen LogP contribution in [0.1, 0.15) is 23.7 Å². The van der Waals surface area contributed by atoms with Gasteiger partial charge in [0.05, 0.1) is 22.2 Å². The van der Waals surface area contributed by atoms with Gasteiger partial charge in [-0.2, -0.15) is 5.10 Å². The van der Waals surface area contributed by atoms with Crippen LogP contribution in [-0.2, 0) is 0 Å². The van der Waals surface area contributed by atoms with Crippen molar-refractivity contribution in [3.8, 4) is 5.69 Å². The largest absolute Gasteiger partial charge is 0.340 e. The van der Waals surface area contributed by atoms with Gasteiger partial charge in [-0.1, -0.05) is 23.7 Å². The number of para-hydroxylation sites is 1. The van der Waals surface area contributed by atoms with Crippen LogP contribution < -0.4 is 10.5 Å². The number of fused-ring (bicyclic) bond motifs is 1. The molecule has 1 aliphatic rings. The van der Waals surface area contributed by atoms with Crippen LogP contribution in [0.25, 0.3) is 16.6 Å². The molecule has 0 bridgehead atoms. The first-order valence-corrected chi connectivity index (χ1v) is 11.2. The summed E-state index contributed by atoms with van der Waals surface area (Å²) in [5.74, 6) is 0.471. The van der Waals surface area contributed by atoms with Crippen molar-refractivity contribution in [1.82, 2.24) is 24.6 Å². The second kappa shape index (κ2) is 8.71. The van der Waals surface area contributed by atoms with E-state index in [1.165, 1.54) is 0 Å². The third-order valence-corrected chi connectivity index (χ3v) is 6.30. The molecule has 2 aromatic heterocycles. The van der Waals surface area contributed by atoms with E-state index in [-0.39, 0.29) is 17.5 Å². The molecule has 1 amide bonds. The van der Waals surface area contributed by atoms with E-state index in [0.29, 0.717) is 47.1 Å². The molecule has 1 unspecified atom stereocenters. The fourth-order valence-electron chi connectivity index (χ4n) is 4.24. The summed E-state index contributed by atoms with van der Waals surface area (Å²) >= 11 is 6.02. The van der Waals surface area contributed by atoms with Gasteiger partial charge in [0.1, 0.15) is 0 Å². The molecule has 4 aromatic rings. The lowest BCUT2D eigenvalue weighted by Gasteiger charge is -2.27. The van der Waals surface area contributed by atoms with Gasteiger partial charge in [0, 0.05) is 43.1 Å². The number of nitrogens with one attached hydrogen (secondary N) is 1. The number of anilines is 1. The molecule has 1 aliphatic heterocycles. The molecule has 3 heterocycles. The third kappa shape index (κ3) is 4.09. The molecule has 5 rings (SSSR count). The Labute approximate surface area is 195 Å². The summed E-state index contributed by atoms with van der Waals surface area (Å²) in [5.41, 5.74) is 1.73. The summed E-state index contributed by atoms with van der Waals surface area (Å²) in [5, 5.41) is 5.25. The van der Waals surface area contributed by atoms with Crippen molar-refractivity contribution in [2.45, 2.75) is 19.4 Å². The normalized spacial score (nSPS) is 16.7. The Bertz CT molecular complexity index is 1370. The molecule has 1 fully saturated rings. The highest BCUT2D eigenvalue weighted by molar-refractivity contribution is 6.31. The molecule has 8 nitrogen and oxygen atoms in total. The number of carbonyl (C=O) groups is 1. The Morgan fingerprint density at radius 1 is 1.12 bits per heavy atom. The minimum Gasteiger partial charge on any atom is -0.340 e. The smallest absolute Gasteiger partial charge is 0.260 e. The number of hydrogen-bond donors (Lipinski definition) is 1. The van der Waals surface area contributed by atoms with Crippen LogP contribution in [0.3, 0.4) is 0 Å². The van der Waals surface area contributed by atoms with E-state index >= 15 is 0 Å². The van der Waals surface area contributed by atoms with Crippen molar-refractivity contribution in [2.24, 2.45) is 0 Å². The van der Waals surface area contributed by atoms with Crippen molar-refractivity contribution >= 4 is 34.4 Å². The average Bonchev–Trinajstić information content (AvgIpc) is 3.29. The molecule has 0 saturated carbocycles. The van der Waals surface area contributed by atoms with Gasteiger partial charge in [-0.15, -0.1) is 0 Å². The maximum Gasteiger partial charge on any atom is 0.260 e. The molecule has 9 heteroatoms. The summed E-state index contributed by atoms with van der Waals surface area (Å²) in [6.07, 6.45) is 4.27. The molecule has 0 radical (unpaired) electrons. The Morgan fingerprint density at radius 2 is 1.97 bits per heavy atom. The van der Waals surface area contributed by atoms with Crippen molar-refractivity contribution in [1.29, 1.82) is 0 Å². The zero-order valence-corrected chi connectivity index (χ0v) is 18.9. The fraction of sp³-hybridized carbons (Fsp3) is 0.250. The maximum atomic E-state index is 13.6. The predicted molar refractivity (Wildman–Crippen MR) is 128 cm³/mol. The summed E-state index contributed by atoms with van der Waals surface area (Å²) in [6, 6.07) is 14.4. The SMILES string of the molecule is CC1CCN(c2nc3ccc(Cl)cc3c(=O)[nH]2)CCN1C(=O)c1ccccc1-n1cccn1. The first-order valence-electron chi connectivity index (χ1n) is 10.9. The van der Waals surface area contributed by atoms with Crippen LogP contribution in [0.15, 0.2) is 65.7 Å². The number of H-pyrrole nitrogens is 1. The molecule has 0 aliphatic carbocycles. The van der Waals surface area contributed by atoms with E-state index in [9.17, 15) is 9.59 Å². The molecule has 1 N–H and O–H groups in total. The monoisotopic (exact) mass is 462 g/mol. The van der Waals surface area contributed by atoms with Crippen LogP contribution >= 0.6 is 11.6 Å². The zero-order chi connectivity index (χ0) is 22.9. The number of amides is 1. The number of hydrogen-bond acceptors (Lipinski definition) is 5. The van der Waals surface area contributed by atoms with Crippen LogP contribution in [0, 0.1) is 0 Å². The Morgan fingerprint density at radius 3 is 2.79 bits per heavy atom. The highest BCUT2D eigenvalue weighted by Crippen LogP contribution is 2.22. The van der Waals surface area contributed by atoms with Crippen LogP contribution in [-0.4, -0.2) is 56.2 Å². The predicted octanol–water partition coefficient (Wildman–Crippen LogP) is 3.50. The van der Waals surface area contributed by atoms with E-state index < -0.39 is 0 Å². The van der Waals surface area contributed by atoms with Gasteiger partial charge in [0.2, 0.25) is 5.95 Å². The number of nitrogens with zero attached hydrogens (tertiary/aromatic N) is 5. The van der Waals surface area contributed by atoms with E-state index in [2.05, 4.69) is 22.0 Å². The van der Waals surface area contributed by atoms with E-state index in [1.807, 2.05) is 46.3 Å². The van der Waals surface area contributed by atoms with Gasteiger partial charge in [0.15, 0.2) is 0 Å². The number of benzene rings is 2. The standard InChI is InChI=1S/C24H23ClN6O2/c1-16-9-12-29(24-27-20-8-7-17(25)15-19(20)22(32)28-24)13-14-30(16)23(33)18-5-2-3-6-21(18)31-11-4-10-26-31/h2-8,10-11,15-16H,9,12-14H2,1H3,(H,27,28,32). The van der Waals surface area contributed by atoms with Crippen molar-refractivity contribution < 1.29 is 4.79 Å². The topological polar surface area (TPSA) is 87.1 Å². The van der Waals surface area contributed by atoms with Gasteiger partial charge in [0.25, 0.3) is 11.5 Å². The van der Waals surface area contributed by atoms with Crippen molar-refractivity contribution in [3.63, 3.8) is 0 Å².